The maximum atomic E-state index is 3.45. The number of hydrogen-bond donors (Lipinski definition) is 5. The molecule has 0 bridgehead atoms. The summed E-state index contributed by atoms with van der Waals surface area (Å²) in [7, 11) is 1.90. The highest BCUT2D eigenvalue weighted by molar-refractivity contribution is 4.54. The van der Waals surface area contributed by atoms with Gasteiger partial charge in [-0.25, -0.2) is 0 Å². The second kappa shape index (κ2) is 15.8. The van der Waals surface area contributed by atoms with Crippen LogP contribution in [0.15, 0.2) is 0 Å². The second-order valence-electron chi connectivity index (χ2n) is 4.09. The van der Waals surface area contributed by atoms with Crippen LogP contribution in [0.3, 0.4) is 0 Å². The molecule has 104 valence electrons. The van der Waals surface area contributed by atoms with Gasteiger partial charge in [0.25, 0.3) is 0 Å². The molecule has 0 aromatic carbocycles. The number of hydrogen-bond acceptors (Lipinski definition) is 5. The molecule has 0 amide bonds. The van der Waals surface area contributed by atoms with E-state index in [0.717, 1.165) is 52.2 Å². The van der Waals surface area contributed by atoms with E-state index < -0.39 is 0 Å². The first kappa shape index (κ1) is 16.8. The molecule has 0 saturated heterocycles. The van der Waals surface area contributed by atoms with Gasteiger partial charge in [-0.05, 0) is 65.6 Å². The summed E-state index contributed by atoms with van der Waals surface area (Å²) in [6.07, 6.45) is 3.59. The van der Waals surface area contributed by atoms with Gasteiger partial charge in [-0.1, -0.05) is 6.92 Å². The fraction of sp³-hybridized carbons (Fsp3) is 1.00. The maximum Gasteiger partial charge on any atom is 0.0112 e. The van der Waals surface area contributed by atoms with Gasteiger partial charge in [0.15, 0.2) is 0 Å². The Bertz CT molecular complexity index is 118. The summed E-state index contributed by atoms with van der Waals surface area (Å²) in [6, 6.07) is 0. The molecule has 0 aromatic heterocycles. The summed E-state index contributed by atoms with van der Waals surface area (Å²) in [6.45, 7) is 9.81. The van der Waals surface area contributed by atoms with Crippen molar-refractivity contribution in [1.29, 1.82) is 0 Å². The van der Waals surface area contributed by atoms with Crippen molar-refractivity contribution < 1.29 is 0 Å². The molecule has 0 fully saturated rings. The normalized spacial score (nSPS) is 10.9. The molecule has 0 radical (unpaired) electrons. The second-order valence-corrected chi connectivity index (χ2v) is 4.09. The molecule has 0 rings (SSSR count). The first-order valence-corrected chi connectivity index (χ1v) is 6.93. The minimum absolute atomic E-state index is 1.02. The Hall–Kier alpha value is -0.200. The van der Waals surface area contributed by atoms with Crippen molar-refractivity contribution in [3.05, 3.63) is 0 Å². The van der Waals surface area contributed by atoms with Gasteiger partial charge >= 0.3 is 0 Å². The molecule has 17 heavy (non-hydrogen) atoms. The van der Waals surface area contributed by atoms with Crippen LogP contribution in [-0.2, 0) is 0 Å². The molecule has 5 nitrogen and oxygen atoms in total. The van der Waals surface area contributed by atoms with Crippen molar-refractivity contribution in [3.63, 3.8) is 0 Å². The summed E-state index contributed by atoms with van der Waals surface area (Å²) in [5, 5.41) is 10.2. The molecule has 0 aliphatic carbocycles. The fourth-order valence-electron chi connectivity index (χ4n) is 1.53. The lowest BCUT2D eigenvalue weighted by atomic mass is 10.3. The smallest absolute Gasteiger partial charge is 0.0112 e. The molecule has 0 atom stereocenters. The average Bonchev–Trinajstić information content (AvgIpc) is 2.35. The van der Waals surface area contributed by atoms with E-state index in [1.807, 2.05) is 7.05 Å². The van der Waals surface area contributed by atoms with Crippen LogP contribution in [0.4, 0.5) is 0 Å². The predicted octanol–water partition coefficient (Wildman–Crippen LogP) is -0.331. The molecule has 0 aromatic rings. The van der Waals surface area contributed by atoms with Crippen LogP contribution >= 0.6 is 0 Å². The van der Waals surface area contributed by atoms with Crippen LogP contribution in [0.2, 0.25) is 0 Å². The molecule has 0 unspecified atom stereocenters. The highest BCUT2D eigenvalue weighted by atomic mass is 15.3. The zero-order valence-corrected chi connectivity index (χ0v) is 11.6. The summed E-state index contributed by atoms with van der Waals surface area (Å²) >= 11 is 0. The van der Waals surface area contributed by atoms with Crippen LogP contribution in [0.25, 0.3) is 0 Å². The Labute approximate surface area is 106 Å². The van der Waals surface area contributed by atoms with E-state index in [9.17, 15) is 0 Å². The maximum absolute atomic E-state index is 3.45. The van der Waals surface area contributed by atoms with Crippen LogP contribution in [0, 0.1) is 0 Å². The number of hydrazine groups is 1. The van der Waals surface area contributed by atoms with Crippen molar-refractivity contribution in [3.8, 4) is 0 Å². The van der Waals surface area contributed by atoms with Gasteiger partial charge in [0.2, 0.25) is 0 Å². The fourth-order valence-corrected chi connectivity index (χ4v) is 1.53. The lowest BCUT2D eigenvalue weighted by molar-refractivity contribution is 0.534. The Morgan fingerprint density at radius 1 is 0.647 bits per heavy atom. The molecule has 5 N–H and O–H groups in total. The topological polar surface area (TPSA) is 60.1 Å². The van der Waals surface area contributed by atoms with Gasteiger partial charge in [-0.15, -0.1) is 0 Å². The van der Waals surface area contributed by atoms with E-state index in [4.69, 9.17) is 0 Å². The quantitative estimate of drug-likeness (QED) is 0.214. The van der Waals surface area contributed by atoms with Gasteiger partial charge < -0.3 is 16.0 Å². The standard InChI is InChI=1S/C12H31N5/c1-3-14-7-4-8-15-9-5-10-16-11-6-12-17-13-2/h13-17H,3-12H2,1-2H3. The lowest BCUT2D eigenvalue weighted by Gasteiger charge is -2.07. The van der Waals surface area contributed by atoms with Gasteiger partial charge in [0.05, 0.1) is 0 Å². The first-order valence-electron chi connectivity index (χ1n) is 6.93. The van der Waals surface area contributed by atoms with Crippen molar-refractivity contribution in [2.24, 2.45) is 0 Å². The summed E-state index contributed by atoms with van der Waals surface area (Å²) < 4.78 is 0. The van der Waals surface area contributed by atoms with E-state index in [1.54, 1.807) is 0 Å². The zero-order valence-electron chi connectivity index (χ0n) is 11.6. The minimum atomic E-state index is 1.02. The third-order valence-electron chi connectivity index (χ3n) is 2.50. The van der Waals surface area contributed by atoms with E-state index in [2.05, 4.69) is 33.7 Å². The van der Waals surface area contributed by atoms with Crippen LogP contribution in [-0.4, -0.2) is 52.9 Å². The van der Waals surface area contributed by atoms with Crippen LogP contribution in [0.5, 0.6) is 0 Å². The van der Waals surface area contributed by atoms with Gasteiger partial charge in [0.1, 0.15) is 0 Å². The molecule has 5 heteroatoms. The summed E-state index contributed by atoms with van der Waals surface area (Å²) in [4.78, 5) is 0. The SMILES string of the molecule is CCNCCCNCCCNCCCNNC. The molecule has 0 saturated carbocycles. The Kier molecular flexibility index (Phi) is 15.6. The van der Waals surface area contributed by atoms with Gasteiger partial charge in [-0.3, -0.25) is 10.9 Å². The van der Waals surface area contributed by atoms with Gasteiger partial charge in [-0.2, -0.15) is 0 Å². The van der Waals surface area contributed by atoms with E-state index >= 15 is 0 Å². The largest absolute Gasteiger partial charge is 0.317 e. The number of rotatable bonds is 14. The average molecular weight is 245 g/mol. The van der Waals surface area contributed by atoms with E-state index in [1.165, 1.54) is 12.8 Å². The first-order chi connectivity index (χ1) is 8.41. The predicted molar refractivity (Wildman–Crippen MR) is 75.2 cm³/mol. The molecular weight excluding hydrogens is 214 g/mol. The van der Waals surface area contributed by atoms with E-state index in [0.29, 0.717) is 0 Å². The Morgan fingerprint density at radius 2 is 1.12 bits per heavy atom. The molecule has 0 aliphatic rings. The third kappa shape index (κ3) is 15.8. The highest BCUT2D eigenvalue weighted by Gasteiger charge is 1.90. The van der Waals surface area contributed by atoms with Gasteiger partial charge in [0, 0.05) is 6.54 Å². The van der Waals surface area contributed by atoms with Crippen molar-refractivity contribution in [1.82, 2.24) is 26.8 Å². The minimum Gasteiger partial charge on any atom is -0.317 e. The zero-order chi connectivity index (χ0) is 12.6. The Morgan fingerprint density at radius 3 is 1.59 bits per heavy atom. The summed E-state index contributed by atoms with van der Waals surface area (Å²) in [5.74, 6) is 0. The van der Waals surface area contributed by atoms with E-state index in [-0.39, 0.29) is 0 Å². The van der Waals surface area contributed by atoms with Crippen molar-refractivity contribution in [2.45, 2.75) is 26.2 Å². The molecule has 0 heterocycles. The van der Waals surface area contributed by atoms with Crippen molar-refractivity contribution >= 4 is 0 Å². The highest BCUT2D eigenvalue weighted by Crippen LogP contribution is 1.78. The summed E-state index contributed by atoms with van der Waals surface area (Å²) in [5.41, 5.74) is 5.99. The third-order valence-corrected chi connectivity index (χ3v) is 2.50. The van der Waals surface area contributed by atoms with Crippen molar-refractivity contribution in [2.75, 3.05) is 52.9 Å². The monoisotopic (exact) mass is 245 g/mol. The number of nitrogens with one attached hydrogen (secondary N) is 5. The van der Waals surface area contributed by atoms with Crippen LogP contribution in [0.1, 0.15) is 26.2 Å². The molecule has 0 spiro atoms. The lowest BCUT2D eigenvalue weighted by Crippen LogP contribution is -2.31. The molecule has 0 aliphatic heterocycles. The Balaban J connectivity index is 2.85. The van der Waals surface area contributed by atoms with Crippen LogP contribution < -0.4 is 26.8 Å². The molecular formula is C12H31N5.